The molecule has 1 aromatic carbocycles. The van der Waals surface area contributed by atoms with Crippen molar-refractivity contribution in [2.75, 3.05) is 13.7 Å². The Labute approximate surface area is 140 Å². The predicted molar refractivity (Wildman–Crippen MR) is 85.2 cm³/mol. The van der Waals surface area contributed by atoms with E-state index in [1.54, 1.807) is 20.8 Å². The summed E-state index contributed by atoms with van der Waals surface area (Å²) >= 11 is 0. The number of hydrogen-bond donors (Lipinski definition) is 4. The number of aliphatic hydroxyl groups excluding tert-OH is 2. The molecule has 0 heterocycles. The van der Waals surface area contributed by atoms with Crippen LogP contribution in [0.15, 0.2) is 18.2 Å². The topological polar surface area (TPSA) is 125 Å². The molecule has 0 saturated heterocycles. The van der Waals surface area contributed by atoms with Crippen LogP contribution in [-0.2, 0) is 4.74 Å². The zero-order valence-corrected chi connectivity index (χ0v) is 14.1. The van der Waals surface area contributed by atoms with E-state index < -0.39 is 29.9 Å². The highest BCUT2D eigenvalue weighted by molar-refractivity contribution is 5.90. The number of benzene rings is 1. The highest BCUT2D eigenvalue weighted by Crippen LogP contribution is 2.25. The van der Waals surface area contributed by atoms with E-state index in [-0.39, 0.29) is 17.7 Å². The van der Waals surface area contributed by atoms with Gasteiger partial charge in [0.25, 0.3) is 0 Å². The number of carboxylic acids is 1. The molecule has 1 rings (SSSR count). The molecule has 1 aromatic rings. The normalized spacial score (nSPS) is 13.8. The van der Waals surface area contributed by atoms with Crippen molar-refractivity contribution in [3.05, 3.63) is 29.3 Å². The van der Waals surface area contributed by atoms with Gasteiger partial charge >= 0.3 is 12.1 Å². The number of carbonyl (C=O) groups is 2. The zero-order chi connectivity index (χ0) is 18.5. The number of carboxylic acid groups (broad SMARTS) is 1. The number of aromatic carboxylic acids is 1. The van der Waals surface area contributed by atoms with Gasteiger partial charge in [-0.3, -0.25) is 0 Å². The molecule has 0 saturated carbocycles. The summed E-state index contributed by atoms with van der Waals surface area (Å²) in [7, 11) is 1.39. The Hall–Kier alpha value is -2.32. The second-order valence-corrected chi connectivity index (χ2v) is 6.15. The van der Waals surface area contributed by atoms with E-state index >= 15 is 0 Å². The lowest BCUT2D eigenvalue weighted by Crippen LogP contribution is -2.39. The van der Waals surface area contributed by atoms with Crippen molar-refractivity contribution < 1.29 is 34.4 Å². The number of hydrogen-bond acceptors (Lipinski definition) is 6. The lowest BCUT2D eigenvalue weighted by molar-refractivity contribution is 0.0121. The maximum atomic E-state index is 11.5. The summed E-state index contributed by atoms with van der Waals surface area (Å²) < 4.78 is 9.96. The molecule has 8 heteroatoms. The van der Waals surface area contributed by atoms with Gasteiger partial charge in [-0.2, -0.15) is 0 Å². The second kappa shape index (κ2) is 7.98. The molecule has 24 heavy (non-hydrogen) atoms. The van der Waals surface area contributed by atoms with Gasteiger partial charge < -0.3 is 30.1 Å². The largest absolute Gasteiger partial charge is 0.497 e. The molecule has 0 aliphatic heterocycles. The average molecular weight is 341 g/mol. The minimum atomic E-state index is -1.50. The molecule has 0 bridgehead atoms. The van der Waals surface area contributed by atoms with E-state index in [1.807, 2.05) is 0 Å². The van der Waals surface area contributed by atoms with Gasteiger partial charge in [-0.15, -0.1) is 0 Å². The van der Waals surface area contributed by atoms with Crippen LogP contribution in [0.4, 0.5) is 4.79 Å². The van der Waals surface area contributed by atoms with E-state index in [4.69, 9.17) is 9.47 Å². The Morgan fingerprint density at radius 2 is 1.88 bits per heavy atom. The summed E-state index contributed by atoms with van der Waals surface area (Å²) in [4.78, 5) is 22.8. The molecule has 0 aromatic heterocycles. The fourth-order valence-corrected chi connectivity index (χ4v) is 1.93. The standard InChI is InChI=1S/C16H23NO7/c1-16(2,3)24-15(22)17-8-12(18)13(19)10-6-5-9(23-4)7-11(10)14(20)21/h5-7,12-13,18-19H,8H2,1-4H3,(H,17,22)(H,20,21). The van der Waals surface area contributed by atoms with Crippen LogP contribution < -0.4 is 10.1 Å². The molecule has 0 fully saturated rings. The average Bonchev–Trinajstić information content (AvgIpc) is 2.49. The van der Waals surface area contributed by atoms with Gasteiger partial charge in [0.2, 0.25) is 0 Å². The third-order valence-electron chi connectivity index (χ3n) is 3.03. The molecular formula is C16H23NO7. The molecule has 2 unspecified atom stereocenters. The highest BCUT2D eigenvalue weighted by atomic mass is 16.6. The Morgan fingerprint density at radius 1 is 1.25 bits per heavy atom. The van der Waals surface area contributed by atoms with E-state index in [2.05, 4.69) is 5.32 Å². The number of methoxy groups -OCH3 is 1. The number of carbonyl (C=O) groups excluding carboxylic acids is 1. The minimum absolute atomic E-state index is 0.0155. The van der Waals surface area contributed by atoms with E-state index in [0.717, 1.165) is 0 Å². The summed E-state index contributed by atoms with van der Waals surface area (Å²) in [6.07, 6.45) is -3.66. The van der Waals surface area contributed by atoms with Crippen LogP contribution in [0.1, 0.15) is 42.8 Å². The number of rotatable bonds is 6. The third kappa shape index (κ3) is 5.71. The number of nitrogens with one attached hydrogen (secondary N) is 1. The minimum Gasteiger partial charge on any atom is -0.497 e. The summed E-state index contributed by atoms with van der Waals surface area (Å²) in [6, 6.07) is 4.07. The van der Waals surface area contributed by atoms with Crippen LogP contribution in [0, 0.1) is 0 Å². The molecule has 0 aliphatic rings. The van der Waals surface area contributed by atoms with E-state index in [1.165, 1.54) is 25.3 Å². The Kier molecular flexibility index (Phi) is 6.56. The first-order chi connectivity index (χ1) is 11.0. The van der Waals surface area contributed by atoms with Crippen molar-refractivity contribution in [3.8, 4) is 5.75 Å². The Balaban J connectivity index is 2.80. The van der Waals surface area contributed by atoms with Gasteiger partial charge in [0.15, 0.2) is 0 Å². The van der Waals surface area contributed by atoms with Crippen molar-refractivity contribution in [1.82, 2.24) is 5.32 Å². The van der Waals surface area contributed by atoms with Crippen molar-refractivity contribution in [1.29, 1.82) is 0 Å². The van der Waals surface area contributed by atoms with Gasteiger partial charge in [0.1, 0.15) is 23.6 Å². The van der Waals surface area contributed by atoms with Crippen LogP contribution >= 0.6 is 0 Å². The summed E-state index contributed by atoms with van der Waals surface area (Å²) in [5.74, 6) is -0.958. The SMILES string of the molecule is COc1ccc(C(O)C(O)CNC(=O)OC(C)(C)C)c(C(=O)O)c1. The molecule has 8 nitrogen and oxygen atoms in total. The molecular weight excluding hydrogens is 318 g/mol. The monoisotopic (exact) mass is 341 g/mol. The first-order valence-electron chi connectivity index (χ1n) is 7.29. The second-order valence-electron chi connectivity index (χ2n) is 6.15. The summed E-state index contributed by atoms with van der Waals surface area (Å²) in [6.45, 7) is 4.76. The van der Waals surface area contributed by atoms with Gasteiger partial charge in [-0.05, 0) is 38.5 Å². The Morgan fingerprint density at radius 3 is 2.38 bits per heavy atom. The number of amides is 1. The van der Waals surface area contributed by atoms with Gasteiger partial charge in [0.05, 0.1) is 12.7 Å². The fourth-order valence-electron chi connectivity index (χ4n) is 1.93. The maximum absolute atomic E-state index is 11.5. The van der Waals surface area contributed by atoms with Crippen LogP contribution in [0.5, 0.6) is 5.75 Å². The lowest BCUT2D eigenvalue weighted by Gasteiger charge is -2.23. The first kappa shape index (κ1) is 19.7. The lowest BCUT2D eigenvalue weighted by atomic mass is 9.98. The molecule has 0 radical (unpaired) electrons. The summed E-state index contributed by atoms with van der Waals surface area (Å²) in [5, 5.41) is 31.7. The summed E-state index contributed by atoms with van der Waals surface area (Å²) in [5.41, 5.74) is -0.875. The van der Waals surface area contributed by atoms with Crippen molar-refractivity contribution in [2.24, 2.45) is 0 Å². The van der Waals surface area contributed by atoms with Gasteiger partial charge in [-0.1, -0.05) is 6.07 Å². The van der Waals surface area contributed by atoms with Gasteiger partial charge in [-0.25, -0.2) is 9.59 Å². The van der Waals surface area contributed by atoms with Crippen molar-refractivity contribution in [3.63, 3.8) is 0 Å². The molecule has 4 N–H and O–H groups in total. The molecule has 0 spiro atoms. The first-order valence-corrected chi connectivity index (χ1v) is 7.29. The molecule has 134 valence electrons. The highest BCUT2D eigenvalue weighted by Gasteiger charge is 2.25. The number of aliphatic hydroxyl groups is 2. The quantitative estimate of drug-likeness (QED) is 0.615. The van der Waals surface area contributed by atoms with E-state index in [0.29, 0.717) is 5.75 Å². The number of ether oxygens (including phenoxy) is 2. The molecule has 0 aliphatic carbocycles. The Bertz CT molecular complexity index is 595. The number of alkyl carbamates (subject to hydrolysis) is 1. The molecule has 1 amide bonds. The van der Waals surface area contributed by atoms with Crippen molar-refractivity contribution in [2.45, 2.75) is 38.6 Å². The predicted octanol–water partition coefficient (Wildman–Crippen LogP) is 1.31. The maximum Gasteiger partial charge on any atom is 0.407 e. The van der Waals surface area contributed by atoms with Crippen LogP contribution in [0.3, 0.4) is 0 Å². The fraction of sp³-hybridized carbons (Fsp3) is 0.500. The zero-order valence-electron chi connectivity index (χ0n) is 14.1. The smallest absolute Gasteiger partial charge is 0.407 e. The third-order valence-corrected chi connectivity index (χ3v) is 3.03. The van der Waals surface area contributed by atoms with Gasteiger partial charge in [0, 0.05) is 6.54 Å². The molecule has 2 atom stereocenters. The van der Waals surface area contributed by atoms with Crippen LogP contribution in [-0.4, -0.2) is 52.7 Å². The van der Waals surface area contributed by atoms with E-state index in [9.17, 15) is 24.9 Å². The van der Waals surface area contributed by atoms with Crippen LogP contribution in [0.2, 0.25) is 0 Å². The van der Waals surface area contributed by atoms with Crippen molar-refractivity contribution >= 4 is 12.1 Å². The van der Waals surface area contributed by atoms with Crippen LogP contribution in [0.25, 0.3) is 0 Å².